The number of rotatable bonds is 6. The predicted octanol–water partition coefficient (Wildman–Crippen LogP) is 1.65. The van der Waals surface area contributed by atoms with Crippen LogP contribution >= 0.6 is 0 Å². The van der Waals surface area contributed by atoms with Crippen molar-refractivity contribution in [2.24, 2.45) is 11.8 Å². The molecule has 3 aliphatic heterocycles. The van der Waals surface area contributed by atoms with Crippen LogP contribution in [0.15, 0.2) is 0 Å². The second-order valence-electron chi connectivity index (χ2n) is 7.00. The summed E-state index contributed by atoms with van der Waals surface area (Å²) in [5.41, 5.74) is 0. The fraction of sp³-hybridized carbons (Fsp3) is 1.00. The van der Waals surface area contributed by atoms with Crippen LogP contribution in [0.2, 0.25) is 0 Å². The van der Waals surface area contributed by atoms with E-state index in [4.69, 9.17) is 0 Å². The Labute approximate surface area is 113 Å². The van der Waals surface area contributed by atoms with E-state index in [0.717, 1.165) is 17.9 Å². The van der Waals surface area contributed by atoms with Gasteiger partial charge in [-0.3, -0.25) is 0 Å². The molecule has 3 rings (SSSR count). The summed E-state index contributed by atoms with van der Waals surface area (Å²) >= 11 is 0. The van der Waals surface area contributed by atoms with Crippen LogP contribution in [-0.4, -0.2) is 62.2 Å². The van der Waals surface area contributed by atoms with E-state index in [9.17, 15) is 0 Å². The van der Waals surface area contributed by atoms with Gasteiger partial charge in [-0.15, -0.1) is 0 Å². The highest BCUT2D eigenvalue weighted by molar-refractivity contribution is 4.92. The molecule has 106 valence electrons. The highest BCUT2D eigenvalue weighted by Crippen LogP contribution is 2.28. The van der Waals surface area contributed by atoms with E-state index >= 15 is 0 Å². The summed E-state index contributed by atoms with van der Waals surface area (Å²) in [5, 5.41) is 3.97. The van der Waals surface area contributed by atoms with Crippen molar-refractivity contribution in [2.75, 3.05) is 40.3 Å². The van der Waals surface area contributed by atoms with E-state index < -0.39 is 0 Å². The molecule has 0 aromatic rings. The minimum atomic E-state index is 0.658. The normalized spacial score (nSPS) is 33.3. The number of piperidine rings is 3. The SMILES string of the molecule is CC(C)CC(CN(C)C)NC1CN2CCC1CC2. The van der Waals surface area contributed by atoms with Crippen molar-refractivity contribution >= 4 is 0 Å². The molecule has 2 bridgehead atoms. The van der Waals surface area contributed by atoms with Gasteiger partial charge in [0, 0.05) is 25.2 Å². The molecular weight excluding hydrogens is 222 g/mol. The molecule has 0 amide bonds. The molecule has 2 unspecified atom stereocenters. The molecule has 3 fully saturated rings. The van der Waals surface area contributed by atoms with Gasteiger partial charge >= 0.3 is 0 Å². The lowest BCUT2D eigenvalue weighted by atomic mass is 9.83. The van der Waals surface area contributed by atoms with Gasteiger partial charge in [0.05, 0.1) is 0 Å². The van der Waals surface area contributed by atoms with E-state index in [-0.39, 0.29) is 0 Å². The fourth-order valence-corrected chi connectivity index (χ4v) is 3.66. The lowest BCUT2D eigenvalue weighted by molar-refractivity contribution is 0.0632. The maximum absolute atomic E-state index is 3.97. The summed E-state index contributed by atoms with van der Waals surface area (Å²) in [5.74, 6) is 1.72. The molecule has 3 heterocycles. The lowest BCUT2D eigenvalue weighted by Crippen LogP contribution is -2.59. The first-order valence-electron chi connectivity index (χ1n) is 7.67. The van der Waals surface area contributed by atoms with Crippen LogP contribution in [0, 0.1) is 11.8 Å². The Balaban J connectivity index is 1.87. The number of likely N-dealkylation sites (N-methyl/N-ethyl adjacent to an activating group) is 1. The van der Waals surface area contributed by atoms with Crippen LogP contribution in [0.4, 0.5) is 0 Å². The second-order valence-corrected chi connectivity index (χ2v) is 7.00. The van der Waals surface area contributed by atoms with Crippen molar-refractivity contribution in [3.63, 3.8) is 0 Å². The highest BCUT2D eigenvalue weighted by atomic mass is 15.2. The largest absolute Gasteiger partial charge is 0.308 e. The molecule has 1 N–H and O–H groups in total. The van der Waals surface area contributed by atoms with E-state index in [0.29, 0.717) is 6.04 Å². The molecular formula is C15H31N3. The smallest absolute Gasteiger partial charge is 0.0227 e. The van der Waals surface area contributed by atoms with Gasteiger partial charge < -0.3 is 15.1 Å². The lowest BCUT2D eigenvalue weighted by Gasteiger charge is -2.46. The van der Waals surface area contributed by atoms with Crippen molar-refractivity contribution in [1.29, 1.82) is 0 Å². The predicted molar refractivity (Wildman–Crippen MR) is 77.9 cm³/mol. The summed E-state index contributed by atoms with van der Waals surface area (Å²) in [7, 11) is 4.37. The van der Waals surface area contributed by atoms with Crippen molar-refractivity contribution in [1.82, 2.24) is 15.1 Å². The Morgan fingerprint density at radius 3 is 2.33 bits per heavy atom. The van der Waals surface area contributed by atoms with Gasteiger partial charge in [0.15, 0.2) is 0 Å². The molecule has 2 atom stereocenters. The minimum absolute atomic E-state index is 0.658. The van der Waals surface area contributed by atoms with Crippen LogP contribution in [0.1, 0.15) is 33.1 Å². The molecule has 3 saturated heterocycles. The zero-order valence-corrected chi connectivity index (χ0v) is 12.7. The molecule has 3 heteroatoms. The highest BCUT2D eigenvalue weighted by Gasteiger charge is 2.34. The van der Waals surface area contributed by atoms with Crippen molar-refractivity contribution < 1.29 is 0 Å². The third-order valence-corrected chi connectivity index (χ3v) is 4.45. The molecule has 0 aliphatic carbocycles. The van der Waals surface area contributed by atoms with Crippen LogP contribution in [-0.2, 0) is 0 Å². The Morgan fingerprint density at radius 2 is 1.89 bits per heavy atom. The van der Waals surface area contributed by atoms with Crippen molar-refractivity contribution in [3.8, 4) is 0 Å². The first-order valence-corrected chi connectivity index (χ1v) is 7.67. The minimum Gasteiger partial charge on any atom is -0.308 e. The van der Waals surface area contributed by atoms with E-state index in [1.807, 2.05) is 0 Å². The first-order chi connectivity index (χ1) is 8.54. The van der Waals surface area contributed by atoms with Gasteiger partial charge in [0.2, 0.25) is 0 Å². The number of fused-ring (bicyclic) bond motifs is 3. The molecule has 0 aromatic carbocycles. The van der Waals surface area contributed by atoms with E-state index in [1.54, 1.807) is 0 Å². The van der Waals surface area contributed by atoms with E-state index in [2.05, 4.69) is 43.1 Å². The van der Waals surface area contributed by atoms with Gasteiger partial charge in [-0.1, -0.05) is 13.8 Å². The van der Waals surface area contributed by atoms with Crippen LogP contribution in [0.5, 0.6) is 0 Å². The van der Waals surface area contributed by atoms with Crippen LogP contribution in [0.3, 0.4) is 0 Å². The summed E-state index contributed by atoms with van der Waals surface area (Å²) in [6.07, 6.45) is 4.11. The molecule has 0 spiro atoms. The molecule has 0 saturated carbocycles. The average Bonchev–Trinajstić information content (AvgIpc) is 2.28. The Hall–Kier alpha value is -0.120. The quantitative estimate of drug-likeness (QED) is 0.776. The van der Waals surface area contributed by atoms with Gasteiger partial charge in [-0.05, 0) is 58.3 Å². The zero-order valence-electron chi connectivity index (χ0n) is 12.7. The van der Waals surface area contributed by atoms with Gasteiger partial charge in [-0.25, -0.2) is 0 Å². The Morgan fingerprint density at radius 1 is 1.22 bits per heavy atom. The van der Waals surface area contributed by atoms with Crippen molar-refractivity contribution in [3.05, 3.63) is 0 Å². The molecule has 18 heavy (non-hydrogen) atoms. The third-order valence-electron chi connectivity index (χ3n) is 4.45. The number of nitrogens with one attached hydrogen (secondary N) is 1. The number of hydrogen-bond donors (Lipinski definition) is 1. The molecule has 3 aliphatic rings. The molecule has 0 aromatic heterocycles. The maximum atomic E-state index is 3.97. The van der Waals surface area contributed by atoms with Crippen LogP contribution < -0.4 is 5.32 Å². The fourth-order valence-electron chi connectivity index (χ4n) is 3.66. The average molecular weight is 253 g/mol. The standard InChI is InChI=1S/C15H31N3/c1-12(2)9-14(10-17(3)4)16-15-11-18-7-5-13(15)6-8-18/h12-16H,5-11H2,1-4H3. The zero-order chi connectivity index (χ0) is 13.1. The van der Waals surface area contributed by atoms with E-state index in [1.165, 1.54) is 45.4 Å². The summed E-state index contributed by atoms with van der Waals surface area (Å²) in [6, 6.07) is 1.40. The summed E-state index contributed by atoms with van der Waals surface area (Å²) in [4.78, 5) is 4.96. The topological polar surface area (TPSA) is 18.5 Å². The second kappa shape index (κ2) is 6.36. The van der Waals surface area contributed by atoms with Gasteiger partial charge in [0.1, 0.15) is 0 Å². The summed E-state index contributed by atoms with van der Waals surface area (Å²) < 4.78 is 0. The Bertz CT molecular complexity index is 234. The third kappa shape index (κ3) is 3.94. The van der Waals surface area contributed by atoms with Gasteiger partial charge in [-0.2, -0.15) is 0 Å². The molecule has 3 nitrogen and oxygen atoms in total. The number of hydrogen-bond acceptors (Lipinski definition) is 3. The molecule has 0 radical (unpaired) electrons. The Kier molecular flexibility index (Phi) is 5.05. The number of nitrogens with zero attached hydrogens (tertiary/aromatic N) is 2. The maximum Gasteiger partial charge on any atom is 0.0227 e. The van der Waals surface area contributed by atoms with Crippen molar-refractivity contribution in [2.45, 2.75) is 45.2 Å². The monoisotopic (exact) mass is 253 g/mol. The van der Waals surface area contributed by atoms with Crippen LogP contribution in [0.25, 0.3) is 0 Å². The first kappa shape index (κ1) is 14.3. The van der Waals surface area contributed by atoms with Gasteiger partial charge in [0.25, 0.3) is 0 Å². The summed E-state index contributed by atoms with van der Waals surface area (Å²) in [6.45, 7) is 9.80.